The number of halogens is 6. The first-order valence-electron chi connectivity index (χ1n) is 11.4. The van der Waals surface area contributed by atoms with E-state index in [-0.39, 0.29) is 23.3 Å². The van der Waals surface area contributed by atoms with Gasteiger partial charge in [-0.25, -0.2) is 4.98 Å². The standard InChI is InChI=1S/C26H26F6N2O/c1-15-5-3-8-21(16(15)2)34-11-9-17(10-12-34)13-22(35)19-14-23(26(30,31)32)33-24-18(19)6-4-7-20(24)25(27,28)29/h3-8,14,17,22,35H,9-13H2,1-2H3. The average molecular weight is 496 g/mol. The van der Waals surface area contributed by atoms with Gasteiger partial charge >= 0.3 is 12.4 Å². The molecular formula is C26H26F6N2O. The van der Waals surface area contributed by atoms with Crippen LogP contribution >= 0.6 is 0 Å². The molecule has 1 aliphatic heterocycles. The van der Waals surface area contributed by atoms with Crippen molar-refractivity contribution in [3.05, 3.63) is 70.4 Å². The van der Waals surface area contributed by atoms with E-state index in [9.17, 15) is 31.4 Å². The summed E-state index contributed by atoms with van der Waals surface area (Å²) in [5, 5.41) is 10.8. The van der Waals surface area contributed by atoms with Crippen LogP contribution in [0.3, 0.4) is 0 Å². The SMILES string of the molecule is Cc1cccc(N2CCC(CC(O)c3cc(C(F)(F)F)nc4c(C(F)(F)F)cccc34)CC2)c1C. The maximum absolute atomic E-state index is 13.5. The molecule has 9 heteroatoms. The van der Waals surface area contributed by atoms with E-state index < -0.39 is 35.2 Å². The summed E-state index contributed by atoms with van der Waals surface area (Å²) in [5.41, 5.74) is -0.160. The number of nitrogens with zero attached hydrogens (tertiary/aromatic N) is 2. The fraction of sp³-hybridized carbons (Fsp3) is 0.423. The zero-order chi connectivity index (χ0) is 25.5. The van der Waals surface area contributed by atoms with E-state index in [1.807, 2.05) is 19.1 Å². The quantitative estimate of drug-likeness (QED) is 0.387. The minimum Gasteiger partial charge on any atom is -0.388 e. The molecule has 188 valence electrons. The predicted molar refractivity (Wildman–Crippen MR) is 122 cm³/mol. The van der Waals surface area contributed by atoms with Gasteiger partial charge in [0.2, 0.25) is 0 Å². The normalized spacial score (nSPS) is 16.7. The molecule has 0 amide bonds. The maximum atomic E-state index is 13.5. The molecule has 0 bridgehead atoms. The Bertz CT molecular complexity index is 1210. The van der Waals surface area contributed by atoms with Crippen LogP contribution in [0.4, 0.5) is 32.0 Å². The third kappa shape index (κ3) is 5.24. The molecule has 2 heterocycles. The lowest BCUT2D eigenvalue weighted by molar-refractivity contribution is -0.142. The molecule has 3 aromatic rings. The van der Waals surface area contributed by atoms with Crippen molar-refractivity contribution in [2.75, 3.05) is 18.0 Å². The van der Waals surface area contributed by atoms with Crippen LogP contribution in [0.1, 0.15) is 53.3 Å². The minimum atomic E-state index is -4.95. The Balaban J connectivity index is 1.59. The summed E-state index contributed by atoms with van der Waals surface area (Å²) < 4.78 is 80.9. The van der Waals surface area contributed by atoms with E-state index in [0.717, 1.165) is 24.8 Å². The molecule has 2 aromatic carbocycles. The predicted octanol–water partition coefficient (Wildman–Crippen LogP) is 7.23. The number of benzene rings is 2. The first-order chi connectivity index (χ1) is 16.4. The Hall–Kier alpha value is -2.81. The second-order valence-electron chi connectivity index (χ2n) is 9.19. The highest BCUT2D eigenvalue weighted by Crippen LogP contribution is 2.40. The van der Waals surface area contributed by atoms with E-state index in [4.69, 9.17) is 0 Å². The molecule has 0 aliphatic carbocycles. The molecule has 1 fully saturated rings. The summed E-state index contributed by atoms with van der Waals surface area (Å²) in [6.07, 6.45) is -9.58. The first-order valence-corrected chi connectivity index (χ1v) is 11.4. The van der Waals surface area contributed by atoms with Gasteiger partial charge in [-0.1, -0.05) is 24.3 Å². The Labute approximate surface area is 199 Å². The number of hydrogen-bond acceptors (Lipinski definition) is 3. The molecule has 4 rings (SSSR count). The van der Waals surface area contributed by atoms with Crippen molar-refractivity contribution < 1.29 is 31.4 Å². The molecule has 3 nitrogen and oxygen atoms in total. The minimum absolute atomic E-state index is 0.0229. The molecule has 1 aromatic heterocycles. The molecule has 35 heavy (non-hydrogen) atoms. The molecule has 1 saturated heterocycles. The van der Waals surface area contributed by atoms with Crippen LogP contribution in [0.15, 0.2) is 42.5 Å². The number of aliphatic hydroxyl groups is 1. The summed E-state index contributed by atoms with van der Waals surface area (Å²) in [6, 6.07) is 9.87. The number of alkyl halides is 6. The molecule has 1 N–H and O–H groups in total. The van der Waals surface area contributed by atoms with Crippen LogP contribution in [0.2, 0.25) is 0 Å². The molecule has 0 spiro atoms. The molecule has 1 aliphatic rings. The van der Waals surface area contributed by atoms with Crippen LogP contribution in [0.25, 0.3) is 10.9 Å². The maximum Gasteiger partial charge on any atom is 0.433 e. The number of rotatable bonds is 4. The van der Waals surface area contributed by atoms with E-state index >= 15 is 0 Å². The Morgan fingerprint density at radius 2 is 1.63 bits per heavy atom. The lowest BCUT2D eigenvalue weighted by Gasteiger charge is -2.35. The number of pyridine rings is 1. The average Bonchev–Trinajstić information content (AvgIpc) is 2.79. The third-order valence-corrected chi connectivity index (χ3v) is 6.91. The monoisotopic (exact) mass is 496 g/mol. The zero-order valence-corrected chi connectivity index (χ0v) is 19.3. The van der Waals surface area contributed by atoms with Crippen molar-refractivity contribution in [1.82, 2.24) is 4.98 Å². The van der Waals surface area contributed by atoms with E-state index in [0.29, 0.717) is 25.0 Å². The molecule has 0 radical (unpaired) electrons. The van der Waals surface area contributed by atoms with Crippen molar-refractivity contribution in [2.24, 2.45) is 5.92 Å². The summed E-state index contributed by atoms with van der Waals surface area (Å²) in [5.74, 6) is 0.0229. The molecule has 0 saturated carbocycles. The van der Waals surface area contributed by atoms with Crippen molar-refractivity contribution in [1.29, 1.82) is 0 Å². The van der Waals surface area contributed by atoms with Gasteiger partial charge < -0.3 is 10.0 Å². The smallest absolute Gasteiger partial charge is 0.388 e. The highest BCUT2D eigenvalue weighted by atomic mass is 19.4. The van der Waals surface area contributed by atoms with Crippen LogP contribution in [-0.4, -0.2) is 23.2 Å². The third-order valence-electron chi connectivity index (χ3n) is 6.91. The Morgan fingerprint density at radius 1 is 0.971 bits per heavy atom. The number of aromatic nitrogens is 1. The molecule has 1 atom stereocenters. The lowest BCUT2D eigenvalue weighted by atomic mass is 9.87. The highest BCUT2D eigenvalue weighted by Gasteiger charge is 2.38. The van der Waals surface area contributed by atoms with E-state index in [1.54, 1.807) is 0 Å². The number of aryl methyl sites for hydroxylation is 1. The number of para-hydroxylation sites is 1. The topological polar surface area (TPSA) is 36.4 Å². The second-order valence-corrected chi connectivity index (χ2v) is 9.19. The number of fused-ring (bicyclic) bond motifs is 1. The van der Waals surface area contributed by atoms with Crippen molar-refractivity contribution >= 4 is 16.6 Å². The summed E-state index contributed by atoms with van der Waals surface area (Å²) in [7, 11) is 0. The highest BCUT2D eigenvalue weighted by molar-refractivity contribution is 5.86. The van der Waals surface area contributed by atoms with Gasteiger partial charge in [-0.05, 0) is 73.9 Å². The van der Waals surface area contributed by atoms with Crippen molar-refractivity contribution in [3.63, 3.8) is 0 Å². The van der Waals surface area contributed by atoms with Crippen molar-refractivity contribution in [2.45, 2.75) is 51.6 Å². The van der Waals surface area contributed by atoms with Crippen LogP contribution in [0.5, 0.6) is 0 Å². The van der Waals surface area contributed by atoms with Gasteiger partial charge in [0.05, 0.1) is 17.2 Å². The summed E-state index contributed by atoms with van der Waals surface area (Å²) in [4.78, 5) is 5.55. The number of aliphatic hydroxyl groups excluding tert-OH is 1. The van der Waals surface area contributed by atoms with Crippen LogP contribution < -0.4 is 4.90 Å². The number of anilines is 1. The summed E-state index contributed by atoms with van der Waals surface area (Å²) in [6.45, 7) is 5.55. The molecular weight excluding hydrogens is 470 g/mol. The van der Waals surface area contributed by atoms with Gasteiger partial charge in [-0.15, -0.1) is 0 Å². The number of piperidine rings is 1. The largest absolute Gasteiger partial charge is 0.433 e. The van der Waals surface area contributed by atoms with Gasteiger partial charge in [0.1, 0.15) is 5.69 Å². The van der Waals surface area contributed by atoms with Crippen molar-refractivity contribution in [3.8, 4) is 0 Å². The zero-order valence-electron chi connectivity index (χ0n) is 19.3. The lowest BCUT2D eigenvalue weighted by Crippen LogP contribution is -2.34. The van der Waals surface area contributed by atoms with Gasteiger partial charge in [0, 0.05) is 24.2 Å². The first kappa shape index (κ1) is 25.3. The van der Waals surface area contributed by atoms with Gasteiger partial charge in [0.25, 0.3) is 0 Å². The van der Waals surface area contributed by atoms with E-state index in [2.05, 4.69) is 22.9 Å². The fourth-order valence-electron chi connectivity index (χ4n) is 4.85. The van der Waals surface area contributed by atoms with Crippen LogP contribution in [-0.2, 0) is 12.4 Å². The Morgan fingerprint density at radius 3 is 2.26 bits per heavy atom. The second kappa shape index (κ2) is 9.33. The van der Waals surface area contributed by atoms with Gasteiger partial charge in [0.15, 0.2) is 0 Å². The van der Waals surface area contributed by atoms with Crippen LogP contribution in [0, 0.1) is 19.8 Å². The summed E-state index contributed by atoms with van der Waals surface area (Å²) >= 11 is 0. The fourth-order valence-corrected chi connectivity index (χ4v) is 4.85. The van der Waals surface area contributed by atoms with Gasteiger partial charge in [-0.2, -0.15) is 26.3 Å². The van der Waals surface area contributed by atoms with E-state index in [1.165, 1.54) is 17.2 Å². The number of hydrogen-bond donors (Lipinski definition) is 1. The molecule has 1 unspecified atom stereocenters. The van der Waals surface area contributed by atoms with Gasteiger partial charge in [-0.3, -0.25) is 0 Å². The Kier molecular flexibility index (Phi) is 6.74.